The van der Waals surface area contributed by atoms with E-state index in [0.717, 1.165) is 5.92 Å². The molecule has 0 aromatic carbocycles. The van der Waals surface area contributed by atoms with Gasteiger partial charge in [-0.3, -0.25) is 0 Å². The third-order valence-corrected chi connectivity index (χ3v) is 3.50. The smallest absolute Gasteiger partial charge is 0.0166 e. The van der Waals surface area contributed by atoms with Gasteiger partial charge < -0.3 is 0 Å². The first-order valence-electron chi connectivity index (χ1n) is 6.58. The van der Waals surface area contributed by atoms with Gasteiger partial charge in [-0.05, 0) is 32.6 Å². The van der Waals surface area contributed by atoms with Crippen molar-refractivity contribution in [3.63, 3.8) is 0 Å². The topological polar surface area (TPSA) is 0 Å². The van der Waals surface area contributed by atoms with Crippen molar-refractivity contribution in [2.75, 3.05) is 0 Å². The van der Waals surface area contributed by atoms with E-state index in [1.165, 1.54) is 44.9 Å². The Morgan fingerprint density at radius 2 is 1.80 bits per heavy atom. The molecule has 0 saturated heterocycles. The lowest BCUT2D eigenvalue weighted by atomic mass is 9.85. The summed E-state index contributed by atoms with van der Waals surface area (Å²) < 4.78 is 0. The Balaban J connectivity index is 2.17. The van der Waals surface area contributed by atoms with Gasteiger partial charge in [-0.1, -0.05) is 62.3 Å². The highest BCUT2D eigenvalue weighted by molar-refractivity contribution is 5.24. The maximum atomic E-state index is 2.32. The average molecular weight is 206 g/mol. The van der Waals surface area contributed by atoms with Crippen LogP contribution in [0.4, 0.5) is 0 Å². The molecule has 1 aliphatic rings. The molecule has 0 heterocycles. The first-order valence-corrected chi connectivity index (χ1v) is 6.58. The summed E-state index contributed by atoms with van der Waals surface area (Å²) in [7, 11) is 0. The lowest BCUT2D eigenvalue weighted by molar-refractivity contribution is 0.497. The van der Waals surface area contributed by atoms with Crippen LogP contribution in [-0.4, -0.2) is 0 Å². The van der Waals surface area contributed by atoms with Gasteiger partial charge in [0.05, 0.1) is 0 Å². The fourth-order valence-electron chi connectivity index (χ4n) is 2.35. The molecule has 0 aromatic rings. The highest BCUT2D eigenvalue weighted by Gasteiger charge is 2.13. The zero-order valence-corrected chi connectivity index (χ0v) is 10.7. The molecule has 1 rings (SSSR count). The maximum Gasteiger partial charge on any atom is -0.0166 e. The van der Waals surface area contributed by atoms with E-state index in [2.05, 4.69) is 32.9 Å². The Morgan fingerprint density at radius 3 is 2.53 bits per heavy atom. The maximum absolute atomic E-state index is 2.32. The molecule has 0 nitrogen and oxygen atoms in total. The van der Waals surface area contributed by atoms with E-state index in [1.807, 2.05) is 0 Å². The number of rotatable bonds is 6. The zero-order chi connectivity index (χ0) is 11.1. The highest BCUT2D eigenvalue weighted by atomic mass is 14.2. The Kier molecular flexibility index (Phi) is 5.75. The van der Waals surface area contributed by atoms with E-state index < -0.39 is 0 Å². The van der Waals surface area contributed by atoms with Gasteiger partial charge in [0.15, 0.2) is 0 Å². The van der Waals surface area contributed by atoms with Crippen LogP contribution in [0.15, 0.2) is 23.3 Å². The van der Waals surface area contributed by atoms with Gasteiger partial charge >= 0.3 is 0 Å². The Bertz CT molecular complexity index is 232. The van der Waals surface area contributed by atoms with Gasteiger partial charge in [-0.2, -0.15) is 0 Å². The van der Waals surface area contributed by atoms with Crippen LogP contribution < -0.4 is 0 Å². The summed E-state index contributed by atoms with van der Waals surface area (Å²) in [6, 6.07) is 0. The Hall–Kier alpha value is -0.520. The lowest BCUT2D eigenvalue weighted by Crippen LogP contribution is -2.06. The molecular formula is C15H26. The van der Waals surface area contributed by atoms with Gasteiger partial charge in [0, 0.05) is 0 Å². The number of hydrogen-bond donors (Lipinski definition) is 0. The Morgan fingerprint density at radius 1 is 1.07 bits per heavy atom. The van der Waals surface area contributed by atoms with Crippen LogP contribution in [0.1, 0.15) is 65.7 Å². The van der Waals surface area contributed by atoms with Crippen molar-refractivity contribution in [3.05, 3.63) is 23.3 Å². The van der Waals surface area contributed by atoms with Crippen LogP contribution >= 0.6 is 0 Å². The molecule has 0 aromatic heterocycles. The largest absolute Gasteiger partial charge is 0.0727 e. The third-order valence-electron chi connectivity index (χ3n) is 3.50. The second kappa shape index (κ2) is 6.87. The van der Waals surface area contributed by atoms with E-state index in [0.29, 0.717) is 0 Å². The molecule has 1 aliphatic carbocycles. The van der Waals surface area contributed by atoms with E-state index in [1.54, 1.807) is 11.1 Å². The van der Waals surface area contributed by atoms with Gasteiger partial charge in [0.1, 0.15) is 0 Å². The first kappa shape index (κ1) is 12.5. The molecule has 0 saturated carbocycles. The molecule has 0 bridgehead atoms. The molecular weight excluding hydrogens is 180 g/mol. The third kappa shape index (κ3) is 4.68. The van der Waals surface area contributed by atoms with Gasteiger partial charge in [0.25, 0.3) is 0 Å². The molecule has 0 N–H and O–H groups in total. The molecule has 0 fully saturated rings. The molecule has 0 radical (unpaired) electrons. The van der Waals surface area contributed by atoms with Crippen LogP contribution in [0.5, 0.6) is 0 Å². The molecule has 1 unspecified atom stereocenters. The highest BCUT2D eigenvalue weighted by Crippen LogP contribution is 2.29. The van der Waals surface area contributed by atoms with Crippen molar-refractivity contribution in [3.8, 4) is 0 Å². The van der Waals surface area contributed by atoms with Gasteiger partial charge in [-0.15, -0.1) is 0 Å². The second-order valence-electron chi connectivity index (χ2n) is 5.03. The molecule has 86 valence electrons. The average Bonchev–Trinajstić information content (AvgIpc) is 2.23. The van der Waals surface area contributed by atoms with Crippen LogP contribution in [0.2, 0.25) is 0 Å². The first-order chi connectivity index (χ1) is 7.24. The van der Waals surface area contributed by atoms with Crippen molar-refractivity contribution in [2.45, 2.75) is 65.7 Å². The van der Waals surface area contributed by atoms with E-state index in [-0.39, 0.29) is 0 Å². The minimum atomic E-state index is 0.844. The monoisotopic (exact) mass is 206 g/mol. The van der Waals surface area contributed by atoms with Gasteiger partial charge in [-0.25, -0.2) is 0 Å². The van der Waals surface area contributed by atoms with Crippen molar-refractivity contribution < 1.29 is 0 Å². The van der Waals surface area contributed by atoms with Crippen molar-refractivity contribution in [1.29, 1.82) is 0 Å². The fourth-order valence-corrected chi connectivity index (χ4v) is 2.35. The summed E-state index contributed by atoms with van der Waals surface area (Å²) in [5.74, 6) is 0.844. The summed E-state index contributed by atoms with van der Waals surface area (Å²) in [5.41, 5.74) is 3.15. The van der Waals surface area contributed by atoms with E-state index in [9.17, 15) is 0 Å². The standard InChI is InChI=1S/C15H26/c1-4-5-6-7-8-9-15-12-13(2)10-11-14(15)3/h10-11,15H,4-9,12H2,1-3H3. The molecule has 1 atom stereocenters. The summed E-state index contributed by atoms with van der Waals surface area (Å²) in [6.45, 7) is 6.83. The molecule has 0 aliphatic heterocycles. The van der Waals surface area contributed by atoms with Crippen LogP contribution in [0.25, 0.3) is 0 Å². The van der Waals surface area contributed by atoms with Crippen molar-refractivity contribution >= 4 is 0 Å². The number of hydrogen-bond acceptors (Lipinski definition) is 0. The summed E-state index contributed by atoms with van der Waals surface area (Å²) in [4.78, 5) is 0. The SMILES string of the molecule is CCCCCCCC1CC(C)=CC=C1C. The van der Waals surface area contributed by atoms with Crippen LogP contribution in [0.3, 0.4) is 0 Å². The molecule has 0 heteroatoms. The van der Waals surface area contributed by atoms with E-state index in [4.69, 9.17) is 0 Å². The summed E-state index contributed by atoms with van der Waals surface area (Å²) in [5, 5.41) is 0. The second-order valence-corrected chi connectivity index (χ2v) is 5.03. The number of unbranched alkanes of at least 4 members (excludes halogenated alkanes) is 4. The minimum absolute atomic E-state index is 0.844. The van der Waals surface area contributed by atoms with Crippen LogP contribution in [-0.2, 0) is 0 Å². The van der Waals surface area contributed by atoms with Crippen molar-refractivity contribution in [1.82, 2.24) is 0 Å². The predicted molar refractivity (Wildman–Crippen MR) is 69.0 cm³/mol. The van der Waals surface area contributed by atoms with Gasteiger partial charge in [0.2, 0.25) is 0 Å². The zero-order valence-electron chi connectivity index (χ0n) is 10.7. The quantitative estimate of drug-likeness (QED) is 0.520. The lowest BCUT2D eigenvalue weighted by Gasteiger charge is -2.21. The normalized spacial score (nSPS) is 21.1. The molecule has 0 spiro atoms. The number of allylic oxidation sites excluding steroid dienone is 4. The van der Waals surface area contributed by atoms with Crippen molar-refractivity contribution in [2.24, 2.45) is 5.92 Å². The summed E-state index contributed by atoms with van der Waals surface area (Å²) in [6.07, 6.45) is 14.3. The fraction of sp³-hybridized carbons (Fsp3) is 0.733. The van der Waals surface area contributed by atoms with E-state index >= 15 is 0 Å². The molecule has 15 heavy (non-hydrogen) atoms. The Labute approximate surface area is 95.5 Å². The summed E-state index contributed by atoms with van der Waals surface area (Å²) >= 11 is 0. The minimum Gasteiger partial charge on any atom is -0.0727 e. The van der Waals surface area contributed by atoms with Crippen LogP contribution in [0, 0.1) is 5.92 Å². The molecule has 0 amide bonds. The predicted octanol–water partition coefficient (Wildman–Crippen LogP) is 5.26.